The van der Waals surface area contributed by atoms with E-state index in [1.54, 1.807) is 6.07 Å². The van der Waals surface area contributed by atoms with E-state index in [0.29, 0.717) is 17.6 Å². The summed E-state index contributed by atoms with van der Waals surface area (Å²) in [5, 5.41) is 18.1. The van der Waals surface area contributed by atoms with Crippen LogP contribution in [0, 0.1) is 24.2 Å². The minimum Gasteiger partial charge on any atom is -0.481 e. The molecule has 0 saturated carbocycles. The van der Waals surface area contributed by atoms with E-state index in [0.717, 1.165) is 37.2 Å². The van der Waals surface area contributed by atoms with Gasteiger partial charge < -0.3 is 10.0 Å². The van der Waals surface area contributed by atoms with Crippen molar-refractivity contribution in [2.75, 3.05) is 4.90 Å². The van der Waals surface area contributed by atoms with Crippen molar-refractivity contribution < 1.29 is 9.90 Å². The maximum atomic E-state index is 10.9. The van der Waals surface area contributed by atoms with Crippen LogP contribution in [0.2, 0.25) is 0 Å². The zero-order valence-electron chi connectivity index (χ0n) is 12.1. The van der Waals surface area contributed by atoms with Gasteiger partial charge >= 0.3 is 5.97 Å². The average molecular weight is 285 g/mol. The SMILES string of the molecule is Cc1cc(C#N)cc(N2C3CCC2CC(CC(=O)O)C3)n1. The van der Waals surface area contributed by atoms with Crippen LogP contribution in [-0.2, 0) is 4.79 Å². The highest BCUT2D eigenvalue weighted by atomic mass is 16.4. The zero-order valence-corrected chi connectivity index (χ0v) is 12.1. The minimum atomic E-state index is -0.701. The van der Waals surface area contributed by atoms with Gasteiger partial charge in [0.15, 0.2) is 0 Å². The van der Waals surface area contributed by atoms with Crippen molar-refractivity contribution in [1.29, 1.82) is 5.26 Å². The number of anilines is 1. The Morgan fingerprint density at radius 3 is 2.67 bits per heavy atom. The molecule has 2 aliphatic rings. The summed E-state index contributed by atoms with van der Waals surface area (Å²) in [4.78, 5) is 17.8. The number of nitriles is 1. The first-order valence-corrected chi connectivity index (χ1v) is 7.45. The molecule has 2 bridgehead atoms. The highest BCUT2D eigenvalue weighted by molar-refractivity contribution is 5.67. The molecule has 0 radical (unpaired) electrons. The van der Waals surface area contributed by atoms with Crippen LogP contribution in [0.4, 0.5) is 5.82 Å². The highest BCUT2D eigenvalue weighted by Crippen LogP contribution is 2.42. The Bertz CT molecular complexity index is 594. The molecule has 3 heterocycles. The molecule has 2 atom stereocenters. The quantitative estimate of drug-likeness (QED) is 0.923. The van der Waals surface area contributed by atoms with Crippen molar-refractivity contribution >= 4 is 11.8 Å². The smallest absolute Gasteiger partial charge is 0.303 e. The first-order chi connectivity index (χ1) is 10.1. The van der Waals surface area contributed by atoms with Crippen LogP contribution in [-0.4, -0.2) is 28.1 Å². The Morgan fingerprint density at radius 2 is 2.10 bits per heavy atom. The average Bonchev–Trinajstić information content (AvgIpc) is 2.69. The third-order valence-electron chi connectivity index (χ3n) is 4.63. The van der Waals surface area contributed by atoms with Crippen LogP contribution in [0.25, 0.3) is 0 Å². The molecule has 2 unspecified atom stereocenters. The van der Waals surface area contributed by atoms with Gasteiger partial charge in [-0.3, -0.25) is 4.79 Å². The number of pyridine rings is 1. The Hall–Kier alpha value is -2.09. The van der Waals surface area contributed by atoms with Crippen LogP contribution in [0.5, 0.6) is 0 Å². The van der Waals surface area contributed by atoms with Gasteiger partial charge in [0.05, 0.1) is 11.6 Å². The van der Waals surface area contributed by atoms with Crippen molar-refractivity contribution in [3.63, 3.8) is 0 Å². The number of carboxylic acids is 1. The third kappa shape index (κ3) is 2.71. The largest absolute Gasteiger partial charge is 0.481 e. The topological polar surface area (TPSA) is 77.2 Å². The molecule has 21 heavy (non-hydrogen) atoms. The lowest BCUT2D eigenvalue weighted by molar-refractivity contribution is -0.138. The summed E-state index contributed by atoms with van der Waals surface area (Å²) in [7, 11) is 0. The molecule has 0 aromatic carbocycles. The van der Waals surface area contributed by atoms with Crippen LogP contribution < -0.4 is 4.90 Å². The third-order valence-corrected chi connectivity index (χ3v) is 4.63. The van der Waals surface area contributed by atoms with E-state index in [1.165, 1.54) is 0 Å². The van der Waals surface area contributed by atoms with Gasteiger partial charge in [0.2, 0.25) is 0 Å². The molecule has 5 nitrogen and oxygen atoms in total. The van der Waals surface area contributed by atoms with E-state index in [-0.39, 0.29) is 12.3 Å². The van der Waals surface area contributed by atoms with Crippen LogP contribution in [0.15, 0.2) is 12.1 Å². The van der Waals surface area contributed by atoms with Gasteiger partial charge in [-0.25, -0.2) is 4.98 Å². The molecule has 2 fully saturated rings. The molecule has 1 aromatic rings. The second-order valence-corrected chi connectivity index (χ2v) is 6.19. The van der Waals surface area contributed by atoms with Gasteiger partial charge in [-0.05, 0) is 50.7 Å². The molecule has 0 spiro atoms. The first-order valence-electron chi connectivity index (χ1n) is 7.45. The molecule has 5 heteroatoms. The number of rotatable bonds is 3. The number of hydrogen-bond acceptors (Lipinski definition) is 4. The Morgan fingerprint density at radius 1 is 1.43 bits per heavy atom. The summed E-state index contributed by atoms with van der Waals surface area (Å²) in [5.41, 5.74) is 1.50. The van der Waals surface area contributed by atoms with E-state index >= 15 is 0 Å². The summed E-state index contributed by atoms with van der Waals surface area (Å²) in [5.74, 6) is 0.456. The van der Waals surface area contributed by atoms with E-state index in [9.17, 15) is 4.79 Å². The fourth-order valence-corrected chi connectivity index (χ4v) is 3.93. The van der Waals surface area contributed by atoms with Crippen molar-refractivity contribution in [3.8, 4) is 6.07 Å². The molecule has 110 valence electrons. The molecule has 0 amide bonds. The summed E-state index contributed by atoms with van der Waals surface area (Å²) in [6, 6.07) is 6.58. The molecule has 1 aromatic heterocycles. The van der Waals surface area contributed by atoms with E-state index in [1.807, 2.05) is 13.0 Å². The number of nitrogens with zero attached hydrogens (tertiary/aromatic N) is 3. The lowest BCUT2D eigenvalue weighted by atomic mass is 9.88. The second kappa shape index (κ2) is 5.36. The number of hydrogen-bond donors (Lipinski definition) is 1. The first kappa shape index (κ1) is 13.9. The monoisotopic (exact) mass is 285 g/mol. The van der Waals surface area contributed by atoms with E-state index in [2.05, 4.69) is 16.0 Å². The Labute approximate surface area is 124 Å². The molecule has 0 aliphatic carbocycles. The summed E-state index contributed by atoms with van der Waals surface area (Å²) < 4.78 is 0. The number of carboxylic acid groups (broad SMARTS) is 1. The second-order valence-electron chi connectivity index (χ2n) is 6.19. The van der Waals surface area contributed by atoms with E-state index in [4.69, 9.17) is 10.4 Å². The fraction of sp³-hybridized carbons (Fsp3) is 0.562. The van der Waals surface area contributed by atoms with Crippen molar-refractivity contribution in [1.82, 2.24) is 4.98 Å². The van der Waals surface area contributed by atoms with Crippen molar-refractivity contribution in [2.24, 2.45) is 5.92 Å². The molecular weight excluding hydrogens is 266 g/mol. The van der Waals surface area contributed by atoms with Gasteiger partial charge in [-0.15, -0.1) is 0 Å². The van der Waals surface area contributed by atoms with Gasteiger partial charge in [0.1, 0.15) is 5.82 Å². The lowest BCUT2D eigenvalue weighted by Gasteiger charge is -2.39. The number of aromatic nitrogens is 1. The lowest BCUT2D eigenvalue weighted by Crippen LogP contribution is -2.44. The molecule has 3 rings (SSSR count). The van der Waals surface area contributed by atoms with E-state index < -0.39 is 5.97 Å². The summed E-state index contributed by atoms with van der Waals surface area (Å²) in [6.45, 7) is 1.91. The standard InChI is InChI=1S/C16H19N3O2/c1-10-4-12(9-17)7-15(18-10)19-13-2-3-14(19)6-11(5-13)8-16(20)21/h4,7,11,13-14H,2-3,5-6,8H2,1H3,(H,20,21). The highest BCUT2D eigenvalue weighted by Gasteiger charge is 2.41. The number of carbonyl (C=O) groups is 1. The molecule has 1 N–H and O–H groups in total. The van der Waals surface area contributed by atoms with Crippen molar-refractivity contribution in [2.45, 2.75) is 51.1 Å². The molecule has 2 aliphatic heterocycles. The number of fused-ring (bicyclic) bond motifs is 2. The summed E-state index contributed by atoms with van der Waals surface area (Å²) >= 11 is 0. The molecule has 2 saturated heterocycles. The van der Waals surface area contributed by atoms with Gasteiger partial charge in [-0.1, -0.05) is 0 Å². The predicted octanol–water partition coefficient (Wildman–Crippen LogP) is 2.48. The Kier molecular flexibility index (Phi) is 3.54. The fourth-order valence-electron chi connectivity index (χ4n) is 3.93. The van der Waals surface area contributed by atoms with Crippen LogP contribution in [0.3, 0.4) is 0 Å². The maximum Gasteiger partial charge on any atom is 0.303 e. The van der Waals surface area contributed by atoms with Crippen LogP contribution >= 0.6 is 0 Å². The number of aryl methyl sites for hydroxylation is 1. The van der Waals surface area contributed by atoms with Crippen molar-refractivity contribution in [3.05, 3.63) is 23.4 Å². The van der Waals surface area contributed by atoms with Gasteiger partial charge in [-0.2, -0.15) is 5.26 Å². The summed E-state index contributed by atoms with van der Waals surface area (Å²) in [6.07, 6.45) is 4.29. The number of aliphatic carboxylic acids is 1. The van der Waals surface area contributed by atoms with Gasteiger partial charge in [0.25, 0.3) is 0 Å². The van der Waals surface area contributed by atoms with Gasteiger partial charge in [0, 0.05) is 24.2 Å². The Balaban J connectivity index is 1.84. The number of piperidine rings is 1. The van der Waals surface area contributed by atoms with Crippen LogP contribution in [0.1, 0.15) is 43.4 Å². The minimum absolute atomic E-state index is 0.269. The molecular formula is C16H19N3O2. The predicted molar refractivity (Wildman–Crippen MR) is 78.0 cm³/mol. The zero-order chi connectivity index (χ0) is 15.0. The normalized spacial score (nSPS) is 27.4. The maximum absolute atomic E-state index is 10.9.